The molecule has 0 saturated heterocycles. The van der Waals surface area contributed by atoms with E-state index in [-0.39, 0.29) is 0 Å². The van der Waals surface area contributed by atoms with E-state index in [9.17, 15) is 28.7 Å². The van der Waals surface area contributed by atoms with Crippen molar-refractivity contribution in [1.82, 2.24) is 21.3 Å². The second-order valence-corrected chi connectivity index (χ2v) is 7.90. The summed E-state index contributed by atoms with van der Waals surface area (Å²) in [7, 11) is -11.4. The summed E-state index contributed by atoms with van der Waals surface area (Å²) in [6.07, 6.45) is 34.3. The van der Waals surface area contributed by atoms with Gasteiger partial charge >= 0.3 is 0 Å². The minimum atomic E-state index is -5.68. The Morgan fingerprint density at radius 3 is 0.818 bits per heavy atom. The van der Waals surface area contributed by atoms with Crippen molar-refractivity contribution in [3.05, 3.63) is 97.7 Å². The number of nitrogens with one attached hydrogen (secondary N) is 4. The molecule has 33 heavy (non-hydrogen) atoms. The van der Waals surface area contributed by atoms with E-state index in [1.165, 1.54) is 0 Å². The van der Waals surface area contributed by atoms with Crippen molar-refractivity contribution in [1.29, 1.82) is 0 Å². The van der Waals surface area contributed by atoms with Gasteiger partial charge < -0.3 is 54.3 Å². The molecule has 0 aliphatic carbocycles. The van der Waals surface area contributed by atoms with Crippen molar-refractivity contribution >= 4 is 15.6 Å². The van der Waals surface area contributed by atoms with Crippen molar-refractivity contribution in [3.63, 3.8) is 0 Å². The highest BCUT2D eigenvalue weighted by atomic mass is 31.3. The monoisotopic (exact) mass is 494 g/mol. The molecular formula is C20H24N4O7P2. The second kappa shape index (κ2) is 19.7. The zero-order valence-corrected chi connectivity index (χ0v) is 19.3. The van der Waals surface area contributed by atoms with Crippen molar-refractivity contribution in [2.45, 2.75) is 0 Å². The second-order valence-electron chi connectivity index (χ2n) is 5.46. The molecule has 4 heterocycles. The van der Waals surface area contributed by atoms with Crippen molar-refractivity contribution < 1.29 is 33.0 Å². The third-order valence-corrected chi connectivity index (χ3v) is 4.34. The van der Waals surface area contributed by atoms with Crippen LogP contribution in [0.5, 0.6) is 0 Å². The molecule has 0 atom stereocenters. The predicted octanol–water partition coefficient (Wildman–Crippen LogP) is -1.49. The van der Waals surface area contributed by atoms with Crippen LogP contribution in [-0.4, -0.2) is 26.2 Å². The van der Waals surface area contributed by atoms with E-state index in [0.29, 0.717) is 0 Å². The first-order chi connectivity index (χ1) is 15.7. The standard InChI is InChI=1S/4C5H6N.H4O7P2/c4*1-2-4-6-5-3-1;1-8(2,3)7-9(4,5)6/h4*1-2,5-6H,4H2;(H2,1,2,3)(H2,4,5,6)/q4*+1;/p-4. The highest BCUT2D eigenvalue weighted by Crippen LogP contribution is 2.42. The van der Waals surface area contributed by atoms with Crippen LogP contribution in [-0.2, 0) is 13.4 Å². The molecule has 0 bridgehead atoms. The lowest BCUT2D eigenvalue weighted by Gasteiger charge is -2.39. The molecule has 4 aliphatic heterocycles. The van der Waals surface area contributed by atoms with Crippen LogP contribution in [0.3, 0.4) is 0 Å². The molecule has 0 radical (unpaired) electrons. The van der Waals surface area contributed by atoms with Crippen LogP contribution >= 0.6 is 15.6 Å². The summed E-state index contributed by atoms with van der Waals surface area (Å²) >= 11 is 0. The smallest absolute Gasteiger partial charge is 0.158 e. The van der Waals surface area contributed by atoms with E-state index in [4.69, 9.17) is 0 Å². The van der Waals surface area contributed by atoms with E-state index in [1.54, 1.807) is 24.8 Å². The lowest BCUT2D eigenvalue weighted by molar-refractivity contribution is -0.364. The molecule has 11 nitrogen and oxygen atoms in total. The Morgan fingerprint density at radius 1 is 0.545 bits per heavy atom. The Balaban J connectivity index is 0.000000391. The van der Waals surface area contributed by atoms with Gasteiger partial charge in [0.05, 0.1) is 39.9 Å². The fraction of sp³-hybridized carbons (Fsp3) is 0.200. The Morgan fingerprint density at radius 2 is 0.788 bits per heavy atom. The van der Waals surface area contributed by atoms with Crippen molar-refractivity contribution in [3.8, 4) is 0 Å². The Bertz CT molecular complexity index is 673. The van der Waals surface area contributed by atoms with E-state index in [1.807, 2.05) is 48.6 Å². The lowest BCUT2D eigenvalue weighted by atomic mass is 10.4. The molecule has 0 unspecified atom stereocenters. The van der Waals surface area contributed by atoms with Crippen LogP contribution < -0.4 is 40.8 Å². The highest BCUT2D eigenvalue weighted by Gasteiger charge is 1.93. The quantitative estimate of drug-likeness (QED) is 0.259. The molecule has 0 aromatic heterocycles. The van der Waals surface area contributed by atoms with Gasteiger partial charge in [0.2, 0.25) is 0 Å². The average Bonchev–Trinajstić information content (AvgIpc) is 2.83. The maximum atomic E-state index is 9.32. The third-order valence-electron chi connectivity index (χ3n) is 2.74. The summed E-state index contributed by atoms with van der Waals surface area (Å²) in [6.45, 7) is 3.81. The van der Waals surface area contributed by atoms with Gasteiger partial charge in [0.25, 0.3) is 0 Å². The minimum Gasteiger partial charge on any atom is -0.790 e. The lowest BCUT2D eigenvalue weighted by Crippen LogP contribution is -2.23. The number of hydrogen-bond donors (Lipinski definition) is 4. The van der Waals surface area contributed by atoms with E-state index >= 15 is 0 Å². The first kappa shape index (κ1) is 30.0. The molecule has 0 amide bonds. The van der Waals surface area contributed by atoms with Gasteiger partial charge in [0.15, 0.2) is 24.3 Å². The largest absolute Gasteiger partial charge is 0.790 e. The molecule has 0 aromatic rings. The number of dihydropyridines is 4. The molecule has 176 valence electrons. The van der Waals surface area contributed by atoms with Gasteiger partial charge in [0, 0.05) is 0 Å². The number of hydrogen-bond acceptors (Lipinski definition) is 11. The molecule has 4 N–H and O–H groups in total. The first-order valence-corrected chi connectivity index (χ1v) is 12.2. The molecule has 0 saturated carbocycles. The first-order valence-electron chi connectivity index (χ1n) is 9.31. The molecule has 0 spiro atoms. The van der Waals surface area contributed by atoms with Crippen molar-refractivity contribution in [2.75, 3.05) is 26.2 Å². The molecule has 0 aromatic carbocycles. The van der Waals surface area contributed by atoms with Crippen LogP contribution in [0.15, 0.2) is 73.4 Å². The number of phosphoric acid groups is 2. The Labute approximate surface area is 194 Å². The summed E-state index contributed by atoms with van der Waals surface area (Å²) in [5, 5.41) is 11.8. The van der Waals surface area contributed by atoms with Gasteiger partial charge in [0.1, 0.15) is 75.3 Å². The maximum Gasteiger partial charge on any atom is 0.158 e. The average molecular weight is 494 g/mol. The summed E-state index contributed by atoms with van der Waals surface area (Å²) < 4.78 is 21.2. The minimum absolute atomic E-state index is 0.951. The van der Waals surface area contributed by atoms with Gasteiger partial charge in [-0.3, -0.25) is 0 Å². The van der Waals surface area contributed by atoms with Crippen molar-refractivity contribution in [2.24, 2.45) is 0 Å². The maximum absolute atomic E-state index is 9.32. The summed E-state index contributed by atoms with van der Waals surface area (Å²) in [5.41, 5.74) is 0. The van der Waals surface area contributed by atoms with Crippen LogP contribution in [0.4, 0.5) is 0 Å². The fourth-order valence-corrected chi connectivity index (χ4v) is 2.55. The number of rotatable bonds is 2. The third kappa shape index (κ3) is 29.0. The van der Waals surface area contributed by atoms with E-state index in [2.05, 4.69) is 49.9 Å². The normalized spacial score (nSPS) is 15.4. The van der Waals surface area contributed by atoms with E-state index in [0.717, 1.165) is 26.2 Å². The van der Waals surface area contributed by atoms with Gasteiger partial charge in [-0.1, -0.05) is 0 Å². The highest BCUT2D eigenvalue weighted by molar-refractivity contribution is 7.57. The fourth-order valence-electron chi connectivity index (χ4n) is 1.57. The van der Waals surface area contributed by atoms with Gasteiger partial charge in [-0.05, 0) is 0 Å². The SMILES string of the molecule is O=P([O-])([O-])OP(=O)([O-])[O-].[C+]1=CNCC=C1.[C+]1=CNCC=C1.[C+]1=CNCC=C1.[C+]1=CNCC=C1. The number of allylic oxidation sites excluding steroid dienone is 8. The Hall–Kier alpha value is -2.98. The predicted molar refractivity (Wildman–Crippen MR) is 116 cm³/mol. The molecule has 0 fully saturated rings. The topological polar surface area (TPSA) is 184 Å². The molecule has 4 aliphatic rings. The van der Waals surface area contributed by atoms with Gasteiger partial charge in [-0.25, -0.2) is 0 Å². The molecule has 4 rings (SSSR count). The van der Waals surface area contributed by atoms with Gasteiger partial charge in [-0.15, -0.1) is 0 Å². The molecular weight excluding hydrogens is 470 g/mol. The van der Waals surface area contributed by atoms with Crippen LogP contribution in [0, 0.1) is 24.3 Å². The summed E-state index contributed by atoms with van der Waals surface area (Å²) in [5.74, 6) is 0. The van der Waals surface area contributed by atoms with Gasteiger partial charge in [-0.2, -0.15) is 0 Å². The molecule has 13 heteroatoms. The zero-order chi connectivity index (χ0) is 24.7. The van der Waals surface area contributed by atoms with E-state index < -0.39 is 15.6 Å². The Kier molecular flexibility index (Phi) is 17.9. The van der Waals surface area contributed by atoms with Crippen LogP contribution in [0.2, 0.25) is 0 Å². The van der Waals surface area contributed by atoms with Crippen LogP contribution in [0.25, 0.3) is 0 Å². The van der Waals surface area contributed by atoms with Crippen LogP contribution in [0.1, 0.15) is 0 Å². The zero-order valence-electron chi connectivity index (χ0n) is 17.5. The summed E-state index contributed by atoms with van der Waals surface area (Å²) in [6, 6.07) is 0. The summed E-state index contributed by atoms with van der Waals surface area (Å²) in [4.78, 5) is 37.3.